The average molecular weight is 204 g/mol. The molecule has 2 N–H and O–H groups in total. The van der Waals surface area contributed by atoms with Crippen molar-refractivity contribution >= 4 is 5.91 Å². The Balaban J connectivity index is 2.24. The fourth-order valence-corrected chi connectivity index (χ4v) is 1.43. The lowest BCUT2D eigenvalue weighted by Gasteiger charge is -2.40. The van der Waals surface area contributed by atoms with Crippen LogP contribution in [0.3, 0.4) is 0 Å². The van der Waals surface area contributed by atoms with Crippen molar-refractivity contribution in [3.05, 3.63) is 12.2 Å². The Bertz CT molecular complexity index is 245. The lowest BCUT2D eigenvalue weighted by atomic mass is 9.87. The standard InChI is InChI=1S/C9H14F2N2O/c1-13(4-2-3-8(12)14)7-5-9(10,11)6-7/h2-3,7H,4-6H2,1H3,(H2,12,14)/b3-2+. The minimum atomic E-state index is -2.49. The number of hydrogen-bond acceptors (Lipinski definition) is 2. The minimum Gasteiger partial charge on any atom is -0.366 e. The molecule has 0 saturated heterocycles. The van der Waals surface area contributed by atoms with Crippen LogP contribution in [0.1, 0.15) is 12.8 Å². The quantitative estimate of drug-likeness (QED) is 0.687. The number of hydrogen-bond donors (Lipinski definition) is 1. The maximum atomic E-state index is 12.5. The third-order valence-electron chi connectivity index (χ3n) is 2.37. The third-order valence-corrected chi connectivity index (χ3v) is 2.37. The van der Waals surface area contributed by atoms with Gasteiger partial charge in [-0.3, -0.25) is 9.69 Å². The molecule has 0 aliphatic heterocycles. The SMILES string of the molecule is CN(C/C=C/C(N)=O)C1CC(F)(F)C1. The highest BCUT2D eigenvalue weighted by atomic mass is 19.3. The summed E-state index contributed by atoms with van der Waals surface area (Å²) in [5.74, 6) is -3.01. The Morgan fingerprint density at radius 2 is 2.21 bits per heavy atom. The van der Waals surface area contributed by atoms with Gasteiger partial charge in [-0.25, -0.2) is 8.78 Å². The van der Waals surface area contributed by atoms with Crippen molar-refractivity contribution in [2.75, 3.05) is 13.6 Å². The molecule has 0 aromatic carbocycles. The second-order valence-electron chi connectivity index (χ2n) is 3.66. The van der Waals surface area contributed by atoms with E-state index in [0.29, 0.717) is 6.54 Å². The average Bonchev–Trinajstić information content (AvgIpc) is 1.99. The summed E-state index contributed by atoms with van der Waals surface area (Å²) in [6.07, 6.45) is 2.65. The van der Waals surface area contributed by atoms with Crippen molar-refractivity contribution in [1.82, 2.24) is 4.90 Å². The monoisotopic (exact) mass is 204 g/mol. The van der Waals surface area contributed by atoms with Gasteiger partial charge in [0.1, 0.15) is 0 Å². The van der Waals surface area contributed by atoms with Gasteiger partial charge in [-0.1, -0.05) is 6.08 Å². The van der Waals surface area contributed by atoms with Crippen LogP contribution in [0.5, 0.6) is 0 Å². The number of alkyl halides is 2. The molecule has 0 aromatic heterocycles. The second kappa shape index (κ2) is 4.04. The predicted molar refractivity (Wildman–Crippen MR) is 48.9 cm³/mol. The van der Waals surface area contributed by atoms with Crippen molar-refractivity contribution in [1.29, 1.82) is 0 Å². The molecular formula is C9H14F2N2O. The van der Waals surface area contributed by atoms with E-state index in [1.165, 1.54) is 6.08 Å². The van der Waals surface area contributed by atoms with Crippen LogP contribution in [0.4, 0.5) is 8.78 Å². The Kier molecular flexibility index (Phi) is 3.21. The van der Waals surface area contributed by atoms with Crippen molar-refractivity contribution < 1.29 is 13.6 Å². The first-order valence-corrected chi connectivity index (χ1v) is 4.45. The van der Waals surface area contributed by atoms with E-state index in [0.717, 1.165) is 0 Å². The number of carbonyl (C=O) groups is 1. The topological polar surface area (TPSA) is 46.3 Å². The van der Waals surface area contributed by atoms with E-state index in [9.17, 15) is 13.6 Å². The molecule has 0 bridgehead atoms. The number of amides is 1. The number of nitrogens with zero attached hydrogens (tertiary/aromatic N) is 1. The number of halogens is 2. The Morgan fingerprint density at radius 1 is 1.64 bits per heavy atom. The fourth-order valence-electron chi connectivity index (χ4n) is 1.43. The van der Waals surface area contributed by atoms with E-state index in [1.54, 1.807) is 18.0 Å². The largest absolute Gasteiger partial charge is 0.366 e. The van der Waals surface area contributed by atoms with Gasteiger partial charge in [0.05, 0.1) is 0 Å². The molecule has 0 aromatic rings. The van der Waals surface area contributed by atoms with Crippen molar-refractivity contribution in [2.24, 2.45) is 5.73 Å². The van der Waals surface area contributed by atoms with Gasteiger partial charge in [-0.05, 0) is 13.1 Å². The molecule has 0 heterocycles. The van der Waals surface area contributed by atoms with Gasteiger partial charge in [0.15, 0.2) is 0 Å². The molecule has 5 heteroatoms. The van der Waals surface area contributed by atoms with Gasteiger partial charge in [-0.15, -0.1) is 0 Å². The fraction of sp³-hybridized carbons (Fsp3) is 0.667. The summed E-state index contributed by atoms with van der Waals surface area (Å²) >= 11 is 0. The van der Waals surface area contributed by atoms with Crippen LogP contribution in [0.25, 0.3) is 0 Å². The Labute approximate surface area is 81.6 Å². The van der Waals surface area contributed by atoms with E-state index >= 15 is 0 Å². The number of carbonyl (C=O) groups excluding carboxylic acids is 1. The summed E-state index contributed by atoms with van der Waals surface area (Å²) in [5.41, 5.74) is 4.88. The Morgan fingerprint density at radius 3 is 2.64 bits per heavy atom. The highest BCUT2D eigenvalue weighted by Crippen LogP contribution is 2.39. The molecule has 1 rings (SSSR count). The molecule has 3 nitrogen and oxygen atoms in total. The first-order valence-electron chi connectivity index (χ1n) is 4.45. The maximum absolute atomic E-state index is 12.5. The van der Waals surface area contributed by atoms with Crippen molar-refractivity contribution in [3.8, 4) is 0 Å². The summed E-state index contributed by atoms with van der Waals surface area (Å²) < 4.78 is 25.0. The van der Waals surface area contributed by atoms with Crippen LogP contribution in [0.15, 0.2) is 12.2 Å². The molecule has 0 unspecified atom stereocenters. The molecule has 1 amide bonds. The summed E-state index contributed by atoms with van der Waals surface area (Å²) in [6.45, 7) is 0.476. The van der Waals surface area contributed by atoms with Crippen molar-refractivity contribution in [3.63, 3.8) is 0 Å². The van der Waals surface area contributed by atoms with Gasteiger partial charge < -0.3 is 5.73 Å². The molecule has 1 saturated carbocycles. The van der Waals surface area contributed by atoms with E-state index in [1.807, 2.05) is 0 Å². The minimum absolute atomic E-state index is 0.0810. The van der Waals surface area contributed by atoms with Crippen LogP contribution < -0.4 is 5.73 Å². The van der Waals surface area contributed by atoms with Crippen LogP contribution in [0, 0.1) is 0 Å². The zero-order valence-electron chi connectivity index (χ0n) is 8.04. The highest BCUT2D eigenvalue weighted by Gasteiger charge is 2.46. The first-order chi connectivity index (χ1) is 6.41. The summed E-state index contributed by atoms with van der Waals surface area (Å²) in [4.78, 5) is 12.1. The lowest BCUT2D eigenvalue weighted by Crippen LogP contribution is -2.49. The van der Waals surface area contributed by atoms with Gasteiger partial charge in [-0.2, -0.15) is 0 Å². The number of likely N-dealkylation sites (N-methyl/N-ethyl adjacent to an activating group) is 1. The zero-order chi connectivity index (χ0) is 10.8. The lowest BCUT2D eigenvalue weighted by molar-refractivity contribution is -0.118. The zero-order valence-corrected chi connectivity index (χ0v) is 8.04. The predicted octanol–water partition coefficient (Wildman–Crippen LogP) is 0.757. The normalized spacial score (nSPS) is 21.4. The molecule has 80 valence electrons. The number of primary amides is 1. The highest BCUT2D eigenvalue weighted by molar-refractivity contribution is 5.85. The number of nitrogens with two attached hydrogens (primary N) is 1. The molecule has 1 fully saturated rings. The molecule has 0 spiro atoms. The van der Waals surface area contributed by atoms with E-state index < -0.39 is 11.8 Å². The van der Waals surface area contributed by atoms with Gasteiger partial charge >= 0.3 is 0 Å². The maximum Gasteiger partial charge on any atom is 0.251 e. The first kappa shape index (κ1) is 11.1. The third kappa shape index (κ3) is 3.06. The van der Waals surface area contributed by atoms with Gasteiger partial charge in [0.2, 0.25) is 5.91 Å². The smallest absolute Gasteiger partial charge is 0.251 e. The molecule has 0 atom stereocenters. The molecule has 0 radical (unpaired) electrons. The van der Waals surface area contributed by atoms with Crippen LogP contribution >= 0.6 is 0 Å². The molecule has 14 heavy (non-hydrogen) atoms. The van der Waals surface area contributed by atoms with Gasteiger partial charge in [0, 0.05) is 25.4 Å². The van der Waals surface area contributed by atoms with E-state index in [2.05, 4.69) is 0 Å². The molecule has 1 aliphatic rings. The van der Waals surface area contributed by atoms with Crippen LogP contribution in [-0.4, -0.2) is 36.4 Å². The number of rotatable bonds is 4. The van der Waals surface area contributed by atoms with Gasteiger partial charge in [0.25, 0.3) is 5.92 Å². The summed E-state index contributed by atoms with van der Waals surface area (Å²) in [7, 11) is 1.76. The summed E-state index contributed by atoms with van der Waals surface area (Å²) in [6, 6.07) is -0.0810. The Hall–Kier alpha value is -0.970. The molecule has 1 aliphatic carbocycles. The van der Waals surface area contributed by atoms with Crippen LogP contribution in [0.2, 0.25) is 0 Å². The summed E-state index contributed by atoms with van der Waals surface area (Å²) in [5, 5.41) is 0. The second-order valence-corrected chi connectivity index (χ2v) is 3.66. The van der Waals surface area contributed by atoms with Crippen molar-refractivity contribution in [2.45, 2.75) is 24.8 Å². The van der Waals surface area contributed by atoms with Crippen LogP contribution in [-0.2, 0) is 4.79 Å². The molecular weight excluding hydrogens is 190 g/mol. The van der Waals surface area contributed by atoms with E-state index in [-0.39, 0.29) is 18.9 Å². The van der Waals surface area contributed by atoms with E-state index in [4.69, 9.17) is 5.73 Å².